The lowest BCUT2D eigenvalue weighted by molar-refractivity contribution is -0.385. The second-order valence-corrected chi connectivity index (χ2v) is 6.76. The molecular weight excluding hydrogens is 358 g/mol. The summed E-state index contributed by atoms with van der Waals surface area (Å²) in [5.41, 5.74) is 1.04. The molecule has 0 atom stereocenters. The number of nitro groups is 1. The average Bonchev–Trinajstić information content (AvgIpc) is 3.09. The van der Waals surface area contributed by atoms with E-state index in [0.29, 0.717) is 23.0 Å². The quantitative estimate of drug-likeness (QED) is 0.395. The Labute approximate surface area is 153 Å². The lowest BCUT2D eigenvalue weighted by Gasteiger charge is -2.33. The van der Waals surface area contributed by atoms with Crippen LogP contribution in [0.25, 0.3) is 17.0 Å². The van der Waals surface area contributed by atoms with E-state index in [2.05, 4.69) is 31.9 Å². The fraction of sp³-hybridized carbons (Fsp3) is 0.375. The van der Waals surface area contributed by atoms with Crippen molar-refractivity contribution in [2.45, 2.75) is 19.8 Å². The van der Waals surface area contributed by atoms with Crippen molar-refractivity contribution < 1.29 is 4.92 Å². The molecule has 0 bridgehead atoms. The van der Waals surface area contributed by atoms with Crippen LogP contribution in [0.15, 0.2) is 24.7 Å². The fourth-order valence-electron chi connectivity index (χ4n) is 3.18. The number of anilines is 1. The normalized spacial score (nSPS) is 15.5. The van der Waals surface area contributed by atoms with E-state index in [1.54, 1.807) is 10.6 Å². The molecule has 0 N–H and O–H groups in total. The molecule has 3 aromatic heterocycles. The van der Waals surface area contributed by atoms with Gasteiger partial charge in [-0.2, -0.15) is 19.6 Å². The summed E-state index contributed by atoms with van der Waals surface area (Å²) in [7, 11) is 0. The molecule has 10 heteroatoms. The highest BCUT2D eigenvalue weighted by Gasteiger charge is 2.26. The summed E-state index contributed by atoms with van der Waals surface area (Å²) >= 11 is 6.46. The fourth-order valence-corrected chi connectivity index (χ4v) is 3.43. The zero-order valence-electron chi connectivity index (χ0n) is 14.0. The molecule has 0 amide bonds. The first kappa shape index (κ1) is 16.6. The topological polar surface area (TPSA) is 102 Å². The predicted octanol–water partition coefficient (Wildman–Crippen LogP) is 2.98. The number of aromatic nitrogens is 5. The van der Waals surface area contributed by atoms with Crippen LogP contribution in [0.5, 0.6) is 0 Å². The summed E-state index contributed by atoms with van der Waals surface area (Å²) in [4.78, 5) is 25.3. The zero-order chi connectivity index (χ0) is 18.3. The van der Waals surface area contributed by atoms with Crippen molar-refractivity contribution in [3.63, 3.8) is 0 Å². The van der Waals surface area contributed by atoms with E-state index < -0.39 is 4.92 Å². The van der Waals surface area contributed by atoms with Gasteiger partial charge in [-0.25, -0.2) is 4.98 Å². The summed E-state index contributed by atoms with van der Waals surface area (Å²) in [6, 6.07) is 2.99. The largest absolute Gasteiger partial charge is 0.356 e. The van der Waals surface area contributed by atoms with Crippen molar-refractivity contribution in [1.82, 2.24) is 24.6 Å². The number of fused-ring (bicyclic) bond motifs is 1. The molecule has 4 rings (SSSR count). The third-order valence-electron chi connectivity index (χ3n) is 4.66. The maximum Gasteiger partial charge on any atom is 0.287 e. The molecule has 0 spiro atoms. The molecule has 3 aromatic rings. The van der Waals surface area contributed by atoms with Gasteiger partial charge in [-0.05, 0) is 24.8 Å². The lowest BCUT2D eigenvalue weighted by Crippen LogP contribution is -2.35. The van der Waals surface area contributed by atoms with Crippen LogP contribution in [0.2, 0.25) is 5.15 Å². The highest BCUT2D eigenvalue weighted by atomic mass is 35.5. The molecule has 1 fully saturated rings. The van der Waals surface area contributed by atoms with Crippen molar-refractivity contribution in [2.24, 2.45) is 5.92 Å². The number of halogens is 1. The second kappa shape index (κ2) is 6.49. The van der Waals surface area contributed by atoms with Crippen molar-refractivity contribution in [3.8, 4) is 11.3 Å². The van der Waals surface area contributed by atoms with E-state index in [1.165, 1.54) is 18.6 Å². The minimum Gasteiger partial charge on any atom is -0.356 e. The summed E-state index contributed by atoms with van der Waals surface area (Å²) in [5, 5.41) is 15.4. The van der Waals surface area contributed by atoms with E-state index in [1.807, 2.05) is 0 Å². The van der Waals surface area contributed by atoms with Gasteiger partial charge in [0, 0.05) is 19.2 Å². The van der Waals surface area contributed by atoms with Gasteiger partial charge in [0.2, 0.25) is 0 Å². The molecule has 1 aliphatic heterocycles. The monoisotopic (exact) mass is 373 g/mol. The molecule has 26 heavy (non-hydrogen) atoms. The van der Waals surface area contributed by atoms with Crippen LogP contribution in [-0.2, 0) is 0 Å². The molecule has 9 nitrogen and oxygen atoms in total. The lowest BCUT2D eigenvalue weighted by atomic mass is 9.99. The molecule has 0 radical (unpaired) electrons. The Balaban J connectivity index is 1.89. The molecule has 0 aromatic carbocycles. The molecule has 1 aliphatic rings. The van der Waals surface area contributed by atoms with Crippen LogP contribution in [0, 0.1) is 16.0 Å². The van der Waals surface area contributed by atoms with Crippen LogP contribution in [0.4, 0.5) is 11.5 Å². The summed E-state index contributed by atoms with van der Waals surface area (Å²) in [6.45, 7) is 3.95. The van der Waals surface area contributed by atoms with Gasteiger partial charge in [-0.15, -0.1) is 0 Å². The molecule has 0 unspecified atom stereocenters. The Morgan fingerprint density at radius 1 is 1.27 bits per heavy atom. The number of rotatable bonds is 3. The van der Waals surface area contributed by atoms with Gasteiger partial charge in [0.1, 0.15) is 23.5 Å². The second-order valence-electron chi connectivity index (χ2n) is 6.40. The first-order valence-electron chi connectivity index (χ1n) is 8.29. The third kappa shape index (κ3) is 2.84. The van der Waals surface area contributed by atoms with Crippen LogP contribution in [0.3, 0.4) is 0 Å². The van der Waals surface area contributed by atoms with Gasteiger partial charge < -0.3 is 4.90 Å². The maximum absolute atomic E-state index is 10.9. The maximum atomic E-state index is 10.9. The van der Waals surface area contributed by atoms with Crippen LogP contribution in [-0.4, -0.2) is 42.6 Å². The van der Waals surface area contributed by atoms with E-state index in [9.17, 15) is 10.1 Å². The van der Waals surface area contributed by atoms with Crippen molar-refractivity contribution in [1.29, 1.82) is 0 Å². The highest BCUT2D eigenvalue weighted by Crippen LogP contribution is 2.37. The highest BCUT2D eigenvalue weighted by molar-refractivity contribution is 6.32. The summed E-state index contributed by atoms with van der Waals surface area (Å²) in [5.74, 6) is 1.84. The number of piperidine rings is 1. The predicted molar refractivity (Wildman–Crippen MR) is 96.3 cm³/mol. The first-order chi connectivity index (χ1) is 12.5. The van der Waals surface area contributed by atoms with E-state index in [-0.39, 0.29) is 10.8 Å². The minimum atomic E-state index is -0.482. The average molecular weight is 374 g/mol. The van der Waals surface area contributed by atoms with Crippen LogP contribution >= 0.6 is 11.6 Å². The molecular formula is C16H16ClN7O2. The van der Waals surface area contributed by atoms with Gasteiger partial charge in [0.15, 0.2) is 0 Å². The first-order valence-corrected chi connectivity index (χ1v) is 8.67. The molecule has 1 saturated heterocycles. The van der Waals surface area contributed by atoms with Crippen molar-refractivity contribution >= 4 is 28.9 Å². The molecule has 0 aliphatic carbocycles. The van der Waals surface area contributed by atoms with Gasteiger partial charge in [0.25, 0.3) is 11.5 Å². The molecule has 134 valence electrons. The molecule has 4 heterocycles. The Hall–Kier alpha value is -2.81. The van der Waals surface area contributed by atoms with Gasteiger partial charge in [-0.3, -0.25) is 10.1 Å². The Bertz CT molecular complexity index is 965. The smallest absolute Gasteiger partial charge is 0.287 e. The Morgan fingerprint density at radius 2 is 2.04 bits per heavy atom. The third-order valence-corrected chi connectivity index (χ3v) is 4.93. The number of hydrogen-bond acceptors (Lipinski definition) is 7. The summed E-state index contributed by atoms with van der Waals surface area (Å²) < 4.78 is 1.65. The Morgan fingerprint density at radius 3 is 2.69 bits per heavy atom. The van der Waals surface area contributed by atoms with E-state index in [0.717, 1.165) is 31.7 Å². The standard InChI is InChI=1S/C16H16ClN7O2/c1-10-4-6-22(7-5-10)15-13(12-3-2-11(8-18-12)24(25)26)14(17)21-16-19-9-20-23(15)16/h2-3,8-10H,4-7H2,1H3. The van der Waals surface area contributed by atoms with Gasteiger partial charge >= 0.3 is 0 Å². The van der Waals surface area contributed by atoms with Gasteiger partial charge in [-0.1, -0.05) is 18.5 Å². The minimum absolute atomic E-state index is 0.0759. The Kier molecular flexibility index (Phi) is 4.15. The zero-order valence-corrected chi connectivity index (χ0v) is 14.8. The molecule has 0 saturated carbocycles. The van der Waals surface area contributed by atoms with E-state index in [4.69, 9.17) is 11.6 Å². The SMILES string of the molecule is CC1CCN(c2c(-c3ccc([N+](=O)[O-])cn3)c(Cl)nc3ncnn23)CC1. The van der Waals surface area contributed by atoms with Crippen molar-refractivity contribution in [2.75, 3.05) is 18.0 Å². The van der Waals surface area contributed by atoms with Crippen LogP contribution in [0.1, 0.15) is 19.8 Å². The van der Waals surface area contributed by atoms with Crippen LogP contribution < -0.4 is 4.90 Å². The summed E-state index contributed by atoms with van der Waals surface area (Å²) in [6.07, 6.45) is 4.77. The number of pyridine rings is 1. The van der Waals surface area contributed by atoms with Gasteiger partial charge in [0.05, 0.1) is 16.2 Å². The number of hydrogen-bond donors (Lipinski definition) is 0. The van der Waals surface area contributed by atoms with E-state index >= 15 is 0 Å². The number of nitrogens with zero attached hydrogens (tertiary/aromatic N) is 7. The van der Waals surface area contributed by atoms with Crippen molar-refractivity contribution in [3.05, 3.63) is 39.9 Å².